The Labute approximate surface area is 190 Å². The zero-order valence-corrected chi connectivity index (χ0v) is 20.2. The number of hydrogen-bond donors (Lipinski definition) is 2. The van der Waals surface area contributed by atoms with Crippen molar-refractivity contribution in [1.29, 1.82) is 0 Å². The SMILES string of the molecule is CCNC(=NCCc1ncc(C)s1)NC(C)c1cccc(N2CCCC2)c1.I. The van der Waals surface area contributed by atoms with Crippen molar-refractivity contribution in [3.05, 3.63) is 45.9 Å². The Bertz CT molecular complexity index is 755. The number of hydrogen-bond acceptors (Lipinski definition) is 4. The van der Waals surface area contributed by atoms with Crippen LogP contribution in [-0.2, 0) is 6.42 Å². The number of aliphatic imine (C=N–C) groups is 1. The number of guanidine groups is 1. The van der Waals surface area contributed by atoms with Gasteiger partial charge in [0.2, 0.25) is 0 Å². The van der Waals surface area contributed by atoms with Crippen molar-refractivity contribution in [3.8, 4) is 0 Å². The summed E-state index contributed by atoms with van der Waals surface area (Å²) < 4.78 is 0. The molecule has 0 amide bonds. The van der Waals surface area contributed by atoms with Gasteiger partial charge >= 0.3 is 0 Å². The van der Waals surface area contributed by atoms with Crippen LogP contribution in [0.3, 0.4) is 0 Å². The molecule has 1 aromatic heterocycles. The lowest BCUT2D eigenvalue weighted by molar-refractivity contribution is 0.685. The van der Waals surface area contributed by atoms with Crippen LogP contribution in [0.5, 0.6) is 0 Å². The number of aromatic nitrogens is 1. The van der Waals surface area contributed by atoms with Crippen LogP contribution in [0.4, 0.5) is 5.69 Å². The Balaban J connectivity index is 0.00000280. The van der Waals surface area contributed by atoms with Crippen molar-refractivity contribution < 1.29 is 0 Å². The average Bonchev–Trinajstić information content (AvgIpc) is 3.34. The predicted molar refractivity (Wildman–Crippen MR) is 131 cm³/mol. The van der Waals surface area contributed by atoms with Gasteiger partial charge in [0.15, 0.2) is 5.96 Å². The molecular weight excluding hydrogens is 481 g/mol. The molecule has 28 heavy (non-hydrogen) atoms. The number of aryl methyl sites for hydroxylation is 1. The second kappa shape index (κ2) is 11.6. The molecule has 1 aromatic carbocycles. The van der Waals surface area contributed by atoms with Crippen molar-refractivity contribution in [2.24, 2.45) is 4.99 Å². The molecule has 1 unspecified atom stereocenters. The minimum absolute atomic E-state index is 0. The van der Waals surface area contributed by atoms with Crippen LogP contribution in [0.15, 0.2) is 35.5 Å². The van der Waals surface area contributed by atoms with Crippen molar-refractivity contribution in [1.82, 2.24) is 15.6 Å². The highest BCUT2D eigenvalue weighted by Crippen LogP contribution is 2.24. The highest BCUT2D eigenvalue weighted by Gasteiger charge is 2.14. The minimum atomic E-state index is 0. The number of rotatable bonds is 7. The minimum Gasteiger partial charge on any atom is -0.372 e. The summed E-state index contributed by atoms with van der Waals surface area (Å²) in [6, 6.07) is 9.09. The fourth-order valence-electron chi connectivity index (χ4n) is 3.35. The summed E-state index contributed by atoms with van der Waals surface area (Å²) in [5.41, 5.74) is 2.63. The van der Waals surface area contributed by atoms with Gasteiger partial charge in [0, 0.05) is 49.4 Å². The highest BCUT2D eigenvalue weighted by molar-refractivity contribution is 14.0. The van der Waals surface area contributed by atoms with Crippen LogP contribution in [-0.4, -0.2) is 37.1 Å². The van der Waals surface area contributed by atoms with Crippen LogP contribution in [0.1, 0.15) is 48.2 Å². The van der Waals surface area contributed by atoms with E-state index >= 15 is 0 Å². The summed E-state index contributed by atoms with van der Waals surface area (Å²) in [4.78, 5) is 12.9. The zero-order chi connectivity index (χ0) is 19.1. The van der Waals surface area contributed by atoms with E-state index in [1.807, 2.05) is 6.20 Å². The molecule has 154 valence electrons. The van der Waals surface area contributed by atoms with Gasteiger partial charge in [0.1, 0.15) is 0 Å². The van der Waals surface area contributed by atoms with Gasteiger partial charge in [-0.15, -0.1) is 35.3 Å². The Morgan fingerprint density at radius 3 is 2.79 bits per heavy atom. The van der Waals surface area contributed by atoms with Gasteiger partial charge in [-0.05, 0) is 51.3 Å². The Hall–Kier alpha value is -1.35. The summed E-state index contributed by atoms with van der Waals surface area (Å²) >= 11 is 1.75. The number of nitrogens with zero attached hydrogens (tertiary/aromatic N) is 3. The smallest absolute Gasteiger partial charge is 0.191 e. The topological polar surface area (TPSA) is 52.6 Å². The van der Waals surface area contributed by atoms with E-state index in [1.165, 1.54) is 42.1 Å². The predicted octanol–water partition coefficient (Wildman–Crippen LogP) is 4.53. The van der Waals surface area contributed by atoms with Gasteiger partial charge in [-0.25, -0.2) is 4.98 Å². The van der Waals surface area contributed by atoms with Crippen LogP contribution in [0.2, 0.25) is 0 Å². The van der Waals surface area contributed by atoms with Gasteiger partial charge in [-0.1, -0.05) is 12.1 Å². The normalized spacial score (nSPS) is 15.2. The standard InChI is InChI=1S/C21H31N5S.HI/c1-4-22-21(23-11-10-20-24-15-16(2)27-20)25-17(3)18-8-7-9-19(14-18)26-12-5-6-13-26;/h7-9,14-15,17H,4-6,10-13H2,1-3H3,(H2,22,23,25);1H. The van der Waals surface area contributed by atoms with Crippen molar-refractivity contribution in [2.45, 2.75) is 46.1 Å². The van der Waals surface area contributed by atoms with E-state index in [1.54, 1.807) is 11.3 Å². The first-order valence-electron chi connectivity index (χ1n) is 9.96. The van der Waals surface area contributed by atoms with Gasteiger partial charge in [-0.2, -0.15) is 0 Å². The van der Waals surface area contributed by atoms with Crippen LogP contribution < -0.4 is 15.5 Å². The molecule has 1 atom stereocenters. The number of nitrogens with one attached hydrogen (secondary N) is 2. The quantitative estimate of drug-likeness (QED) is 0.325. The maximum absolute atomic E-state index is 4.73. The Kier molecular flexibility index (Phi) is 9.50. The third-order valence-electron chi connectivity index (χ3n) is 4.80. The molecule has 2 aromatic rings. The van der Waals surface area contributed by atoms with Gasteiger partial charge < -0.3 is 15.5 Å². The number of thiazole rings is 1. The molecule has 3 rings (SSSR count). The van der Waals surface area contributed by atoms with E-state index in [0.29, 0.717) is 0 Å². The van der Waals surface area contributed by atoms with Gasteiger partial charge in [-0.3, -0.25) is 4.99 Å². The molecule has 0 saturated carbocycles. The van der Waals surface area contributed by atoms with E-state index in [2.05, 4.69) is 65.6 Å². The molecule has 0 spiro atoms. The first-order chi connectivity index (χ1) is 13.2. The van der Waals surface area contributed by atoms with E-state index in [0.717, 1.165) is 30.5 Å². The Morgan fingerprint density at radius 2 is 2.11 bits per heavy atom. The van der Waals surface area contributed by atoms with Crippen molar-refractivity contribution in [3.63, 3.8) is 0 Å². The molecule has 2 N–H and O–H groups in total. The molecule has 0 aliphatic carbocycles. The summed E-state index contributed by atoms with van der Waals surface area (Å²) in [5, 5.41) is 8.05. The summed E-state index contributed by atoms with van der Waals surface area (Å²) in [5.74, 6) is 0.866. The van der Waals surface area contributed by atoms with E-state index in [9.17, 15) is 0 Å². The molecule has 5 nitrogen and oxygen atoms in total. The summed E-state index contributed by atoms with van der Waals surface area (Å²) in [6.45, 7) is 10.3. The largest absolute Gasteiger partial charge is 0.372 e. The lowest BCUT2D eigenvalue weighted by Crippen LogP contribution is -2.39. The van der Waals surface area contributed by atoms with Crippen molar-refractivity contribution in [2.75, 3.05) is 31.1 Å². The average molecular weight is 513 g/mol. The highest BCUT2D eigenvalue weighted by atomic mass is 127. The maximum atomic E-state index is 4.73. The summed E-state index contributed by atoms with van der Waals surface area (Å²) in [7, 11) is 0. The van der Waals surface area contributed by atoms with Crippen LogP contribution in [0, 0.1) is 6.92 Å². The molecule has 0 radical (unpaired) electrons. The molecule has 2 heterocycles. The number of halogens is 1. The third kappa shape index (κ3) is 6.62. The fraction of sp³-hybridized carbons (Fsp3) is 0.524. The molecular formula is C21H32IN5S. The van der Waals surface area contributed by atoms with E-state index in [-0.39, 0.29) is 30.0 Å². The first-order valence-corrected chi connectivity index (χ1v) is 10.8. The molecule has 1 saturated heterocycles. The second-order valence-corrected chi connectivity index (χ2v) is 8.35. The second-order valence-electron chi connectivity index (χ2n) is 7.03. The maximum Gasteiger partial charge on any atom is 0.191 e. The zero-order valence-electron chi connectivity index (χ0n) is 17.1. The molecule has 1 aliphatic rings. The van der Waals surface area contributed by atoms with Crippen molar-refractivity contribution >= 4 is 47.0 Å². The van der Waals surface area contributed by atoms with E-state index in [4.69, 9.17) is 4.99 Å². The lowest BCUT2D eigenvalue weighted by atomic mass is 10.1. The first kappa shape index (κ1) is 22.9. The summed E-state index contributed by atoms with van der Waals surface area (Å²) in [6.07, 6.45) is 5.41. The monoisotopic (exact) mass is 513 g/mol. The van der Waals surface area contributed by atoms with Crippen LogP contribution in [0.25, 0.3) is 0 Å². The van der Waals surface area contributed by atoms with Gasteiger partial charge in [0.05, 0.1) is 11.0 Å². The van der Waals surface area contributed by atoms with E-state index < -0.39 is 0 Å². The molecule has 0 bridgehead atoms. The van der Waals surface area contributed by atoms with Gasteiger partial charge in [0.25, 0.3) is 0 Å². The number of anilines is 1. The molecule has 1 aliphatic heterocycles. The lowest BCUT2D eigenvalue weighted by Gasteiger charge is -2.22. The molecule has 1 fully saturated rings. The number of benzene rings is 1. The third-order valence-corrected chi connectivity index (χ3v) is 5.78. The molecule has 7 heteroatoms. The Morgan fingerprint density at radius 1 is 1.32 bits per heavy atom. The van der Waals surface area contributed by atoms with Crippen LogP contribution >= 0.6 is 35.3 Å². The fourth-order valence-corrected chi connectivity index (χ4v) is 4.13.